The molecule has 0 aliphatic heterocycles. The number of nitrogens with zero attached hydrogens (tertiary/aromatic N) is 3. The molecule has 3 atom stereocenters. The molecule has 1 aromatic heterocycles. The highest BCUT2D eigenvalue weighted by atomic mass is 19.4. The molecular formula is C18H23F4N5O. The Morgan fingerprint density at radius 1 is 1.21 bits per heavy atom. The lowest BCUT2D eigenvalue weighted by molar-refractivity contribution is -0.143. The van der Waals surface area contributed by atoms with Gasteiger partial charge in [0, 0.05) is 11.6 Å². The number of nitrogens with one attached hydrogen (secondary N) is 2. The van der Waals surface area contributed by atoms with Crippen molar-refractivity contribution in [2.75, 3.05) is 10.6 Å². The van der Waals surface area contributed by atoms with Gasteiger partial charge in [-0.05, 0) is 50.4 Å². The number of alkyl halides is 3. The lowest BCUT2D eigenvalue weighted by atomic mass is 9.96. The second-order valence-electron chi connectivity index (χ2n) is 7.95. The van der Waals surface area contributed by atoms with Gasteiger partial charge < -0.3 is 15.7 Å². The van der Waals surface area contributed by atoms with Crippen LogP contribution in [0.15, 0.2) is 5.83 Å². The zero-order valence-electron chi connectivity index (χ0n) is 15.5. The zero-order valence-corrected chi connectivity index (χ0v) is 15.5. The highest BCUT2D eigenvalue weighted by molar-refractivity contribution is 5.65. The summed E-state index contributed by atoms with van der Waals surface area (Å²) in [4.78, 5) is 12.4. The summed E-state index contributed by atoms with van der Waals surface area (Å²) in [7, 11) is 0. The van der Waals surface area contributed by atoms with Crippen LogP contribution in [0.25, 0.3) is 5.57 Å². The first-order chi connectivity index (χ1) is 13.2. The number of aliphatic hydroxyl groups is 1. The Morgan fingerprint density at radius 3 is 2.54 bits per heavy atom. The summed E-state index contributed by atoms with van der Waals surface area (Å²) in [6.45, 7) is 1.41. The lowest BCUT2D eigenvalue weighted by Gasteiger charge is -2.22. The maximum Gasteiger partial charge on any atom is 0.408 e. The number of rotatable bonds is 6. The van der Waals surface area contributed by atoms with Crippen LogP contribution < -0.4 is 10.6 Å². The molecule has 0 saturated heterocycles. The quantitative estimate of drug-likeness (QED) is 0.629. The molecule has 2 fully saturated rings. The van der Waals surface area contributed by atoms with Crippen LogP contribution in [0.4, 0.5) is 29.5 Å². The number of halogens is 4. The van der Waals surface area contributed by atoms with Crippen LogP contribution in [-0.4, -0.2) is 44.4 Å². The monoisotopic (exact) mass is 401 g/mol. The number of hydrogen-bond donors (Lipinski definition) is 3. The van der Waals surface area contributed by atoms with Crippen molar-refractivity contribution in [3.63, 3.8) is 0 Å². The van der Waals surface area contributed by atoms with Crippen molar-refractivity contribution in [1.82, 2.24) is 15.0 Å². The third-order valence-electron chi connectivity index (χ3n) is 5.88. The van der Waals surface area contributed by atoms with Gasteiger partial charge in [0.15, 0.2) is 5.82 Å². The summed E-state index contributed by atoms with van der Waals surface area (Å²) >= 11 is 0. The Kier molecular flexibility index (Phi) is 4.71. The summed E-state index contributed by atoms with van der Waals surface area (Å²) in [5.74, 6) is -0.859. The number of aliphatic hydroxyl groups excluding tert-OH is 1. The van der Waals surface area contributed by atoms with Gasteiger partial charge in [-0.2, -0.15) is 28.1 Å². The van der Waals surface area contributed by atoms with Crippen LogP contribution in [0.3, 0.4) is 0 Å². The van der Waals surface area contributed by atoms with E-state index in [-0.39, 0.29) is 41.2 Å². The Balaban J connectivity index is 1.65. The molecule has 4 rings (SSSR count). The number of aromatic nitrogens is 3. The second kappa shape index (κ2) is 6.82. The molecule has 6 nitrogen and oxygen atoms in total. The maximum atomic E-state index is 14.4. The summed E-state index contributed by atoms with van der Waals surface area (Å²) in [6.07, 6.45) is -1.52. The van der Waals surface area contributed by atoms with Gasteiger partial charge in [0.05, 0.1) is 0 Å². The third kappa shape index (κ3) is 3.78. The van der Waals surface area contributed by atoms with E-state index < -0.39 is 24.1 Å². The Morgan fingerprint density at radius 2 is 1.93 bits per heavy atom. The van der Waals surface area contributed by atoms with Crippen LogP contribution in [0, 0.1) is 5.41 Å². The van der Waals surface area contributed by atoms with E-state index in [2.05, 4.69) is 25.6 Å². The Hall–Kier alpha value is -1.97. The minimum atomic E-state index is -4.46. The largest absolute Gasteiger partial charge is 0.408 e. The molecule has 28 heavy (non-hydrogen) atoms. The van der Waals surface area contributed by atoms with Crippen molar-refractivity contribution >= 4 is 17.5 Å². The minimum Gasteiger partial charge on any atom is -0.386 e. The van der Waals surface area contributed by atoms with E-state index >= 15 is 0 Å². The predicted molar refractivity (Wildman–Crippen MR) is 95.2 cm³/mol. The molecule has 3 aliphatic rings. The number of anilines is 2. The molecule has 1 heterocycles. The summed E-state index contributed by atoms with van der Waals surface area (Å²) in [6, 6.07) is -1.63. The van der Waals surface area contributed by atoms with Gasteiger partial charge >= 0.3 is 6.18 Å². The van der Waals surface area contributed by atoms with Crippen molar-refractivity contribution < 1.29 is 22.7 Å². The standard InChI is InChI=1S/C18H23F4N5O/c1-2-11(18(20,21)22)23-15-25-14(9-4-3-5-10(28)13(9)19)26-16(27-15)24-12-8-17(12)6-7-17/h10-12,28H,2-8H2,1H3,(H2,23,24,25,26,27)/t10?,11-,12?/m1/s1. The fourth-order valence-electron chi connectivity index (χ4n) is 3.77. The first-order valence-electron chi connectivity index (χ1n) is 9.65. The third-order valence-corrected chi connectivity index (χ3v) is 5.88. The molecule has 1 spiro atoms. The summed E-state index contributed by atoms with van der Waals surface area (Å²) in [5.41, 5.74) is 0.411. The highest BCUT2D eigenvalue weighted by Crippen LogP contribution is 2.66. The van der Waals surface area contributed by atoms with Crippen LogP contribution in [-0.2, 0) is 0 Å². The predicted octanol–water partition coefficient (Wildman–Crippen LogP) is 3.81. The number of allylic oxidation sites excluding steroid dienone is 1. The van der Waals surface area contributed by atoms with Crippen molar-refractivity contribution in [1.29, 1.82) is 0 Å². The molecule has 0 aromatic carbocycles. The van der Waals surface area contributed by atoms with Crippen LogP contribution in [0.5, 0.6) is 0 Å². The van der Waals surface area contributed by atoms with Gasteiger partial charge in [-0.25, -0.2) is 4.39 Å². The smallest absolute Gasteiger partial charge is 0.386 e. The molecule has 2 saturated carbocycles. The van der Waals surface area contributed by atoms with E-state index in [9.17, 15) is 22.7 Å². The van der Waals surface area contributed by atoms with Crippen molar-refractivity contribution in [2.45, 2.75) is 76.2 Å². The summed E-state index contributed by atoms with van der Waals surface area (Å²) in [5, 5.41) is 15.2. The van der Waals surface area contributed by atoms with E-state index in [4.69, 9.17) is 0 Å². The SMILES string of the molecule is CC[C@@H](Nc1nc(NC2CC23CC3)nc(C2=C(F)C(O)CCC2)n1)C(F)(F)F. The van der Waals surface area contributed by atoms with Crippen molar-refractivity contribution in [2.24, 2.45) is 5.41 Å². The van der Waals surface area contributed by atoms with Gasteiger partial charge in [0.25, 0.3) is 0 Å². The molecule has 3 aliphatic carbocycles. The van der Waals surface area contributed by atoms with Gasteiger partial charge in [-0.15, -0.1) is 0 Å². The molecule has 0 bridgehead atoms. The van der Waals surface area contributed by atoms with Crippen molar-refractivity contribution in [3.05, 3.63) is 11.7 Å². The molecular weight excluding hydrogens is 378 g/mol. The number of hydrogen-bond acceptors (Lipinski definition) is 6. The molecule has 2 unspecified atom stereocenters. The minimum absolute atomic E-state index is 0.0289. The normalized spacial score (nSPS) is 26.9. The zero-order chi connectivity index (χ0) is 20.1. The fraction of sp³-hybridized carbons (Fsp3) is 0.722. The van der Waals surface area contributed by atoms with Crippen LogP contribution >= 0.6 is 0 Å². The first kappa shape index (κ1) is 19.4. The molecule has 3 N–H and O–H groups in total. The van der Waals surface area contributed by atoms with Gasteiger partial charge in [0.2, 0.25) is 11.9 Å². The van der Waals surface area contributed by atoms with E-state index in [1.54, 1.807) is 0 Å². The van der Waals surface area contributed by atoms with E-state index in [0.29, 0.717) is 19.3 Å². The average Bonchev–Trinajstić information content (AvgIpc) is 3.54. The summed E-state index contributed by atoms with van der Waals surface area (Å²) < 4.78 is 53.9. The second-order valence-corrected chi connectivity index (χ2v) is 7.95. The topological polar surface area (TPSA) is 83.0 Å². The first-order valence-corrected chi connectivity index (χ1v) is 9.65. The van der Waals surface area contributed by atoms with Crippen molar-refractivity contribution in [3.8, 4) is 0 Å². The molecule has 0 amide bonds. The average molecular weight is 401 g/mol. The molecule has 1 aromatic rings. The van der Waals surface area contributed by atoms with E-state index in [1.807, 2.05) is 0 Å². The van der Waals surface area contributed by atoms with E-state index in [1.165, 1.54) is 6.92 Å². The highest BCUT2D eigenvalue weighted by Gasteiger charge is 2.63. The Bertz CT molecular complexity index is 793. The maximum absolute atomic E-state index is 14.4. The van der Waals surface area contributed by atoms with Crippen LogP contribution in [0.2, 0.25) is 0 Å². The Labute approximate surface area is 159 Å². The van der Waals surface area contributed by atoms with Crippen LogP contribution in [0.1, 0.15) is 57.7 Å². The molecule has 154 valence electrons. The van der Waals surface area contributed by atoms with E-state index in [0.717, 1.165) is 19.3 Å². The molecule has 10 heteroatoms. The molecule has 0 radical (unpaired) electrons. The van der Waals surface area contributed by atoms with Gasteiger partial charge in [-0.3, -0.25) is 0 Å². The van der Waals surface area contributed by atoms with Gasteiger partial charge in [-0.1, -0.05) is 6.92 Å². The lowest BCUT2D eigenvalue weighted by Crippen LogP contribution is -2.36. The van der Waals surface area contributed by atoms with Gasteiger partial charge in [0.1, 0.15) is 18.0 Å². The fourth-order valence-corrected chi connectivity index (χ4v) is 3.77.